The number of rotatable bonds is 7. The van der Waals surface area contributed by atoms with Gasteiger partial charge in [0.05, 0.1) is 11.9 Å². The molecule has 0 aromatic heterocycles. The molecule has 0 aliphatic heterocycles. The highest BCUT2D eigenvalue weighted by Gasteiger charge is 2.25. The van der Waals surface area contributed by atoms with E-state index in [1.165, 1.54) is 6.42 Å². The van der Waals surface area contributed by atoms with E-state index in [0.717, 1.165) is 35.4 Å². The van der Waals surface area contributed by atoms with Crippen LogP contribution >= 0.6 is 0 Å². The first-order chi connectivity index (χ1) is 12.7. The molecule has 1 aromatic rings. The number of nitrogens with zero attached hydrogens (tertiary/aromatic N) is 1. The third kappa shape index (κ3) is 6.23. The Labute approximate surface area is 161 Å². The maximum Gasteiger partial charge on any atom is 0.327 e. The first-order valence-electron chi connectivity index (χ1n) is 9.17. The minimum atomic E-state index is -3.67. The second-order valence-corrected chi connectivity index (χ2v) is 9.06. The highest BCUT2D eigenvalue weighted by Crippen LogP contribution is 2.24. The monoisotopic (exact) mass is 396 g/mol. The Balaban J connectivity index is 1.92. The van der Waals surface area contributed by atoms with Crippen LogP contribution in [0.3, 0.4) is 0 Å². The third-order valence-corrected chi connectivity index (χ3v) is 6.01. The van der Waals surface area contributed by atoms with Gasteiger partial charge < -0.3 is 10.1 Å². The molecule has 1 fully saturated rings. The maximum absolute atomic E-state index is 12.1. The van der Waals surface area contributed by atoms with Crippen LogP contribution in [-0.4, -0.2) is 45.7 Å². The summed E-state index contributed by atoms with van der Waals surface area (Å²) in [5.41, 5.74) is 1.14. The predicted octanol–water partition coefficient (Wildman–Crippen LogP) is 2.00. The van der Waals surface area contributed by atoms with E-state index in [0.29, 0.717) is 11.6 Å². The van der Waals surface area contributed by atoms with E-state index in [2.05, 4.69) is 12.2 Å². The molecule has 1 N–H and O–H groups in total. The summed E-state index contributed by atoms with van der Waals surface area (Å²) >= 11 is 0. The number of carbonyl (C=O) groups is 2. The van der Waals surface area contributed by atoms with Gasteiger partial charge in [-0.15, -0.1) is 0 Å². The number of anilines is 1. The molecule has 1 amide bonds. The number of nitrogens with one attached hydrogen (secondary N) is 1. The highest BCUT2D eigenvalue weighted by molar-refractivity contribution is 7.92. The first kappa shape index (κ1) is 21.2. The standard InChI is InChI=1S/C19H28N2O5S/c1-14-8-4-6-10-16(14)20-18(22)13-26-19(23)12-21(27(3,24)25)17-11-7-5-9-15(17)2/h5,7,9,11,14,16H,4,6,8,10,12-13H2,1-3H3,(H,20,22)/t14-,16+/m0/s1. The number of hydrogen-bond donors (Lipinski definition) is 1. The minimum Gasteiger partial charge on any atom is -0.454 e. The van der Waals surface area contributed by atoms with Gasteiger partial charge in [0.1, 0.15) is 6.54 Å². The van der Waals surface area contributed by atoms with E-state index >= 15 is 0 Å². The molecule has 1 saturated carbocycles. The lowest BCUT2D eigenvalue weighted by Crippen LogP contribution is -2.43. The number of amides is 1. The smallest absolute Gasteiger partial charge is 0.327 e. The predicted molar refractivity (Wildman–Crippen MR) is 104 cm³/mol. The number of sulfonamides is 1. The van der Waals surface area contributed by atoms with Gasteiger partial charge in [-0.05, 0) is 37.3 Å². The van der Waals surface area contributed by atoms with Crippen molar-refractivity contribution in [2.24, 2.45) is 5.92 Å². The normalized spacial score (nSPS) is 20.0. The molecule has 0 heterocycles. The molecule has 150 valence electrons. The van der Waals surface area contributed by atoms with Crippen LogP contribution in [0, 0.1) is 12.8 Å². The zero-order valence-corrected chi connectivity index (χ0v) is 16.9. The fraction of sp³-hybridized carbons (Fsp3) is 0.579. The number of aryl methyl sites for hydroxylation is 1. The van der Waals surface area contributed by atoms with E-state index in [1.54, 1.807) is 31.2 Å². The number of ether oxygens (including phenoxy) is 1. The summed E-state index contributed by atoms with van der Waals surface area (Å²) in [6, 6.07) is 6.97. The number of hydrogen-bond acceptors (Lipinski definition) is 5. The van der Waals surface area contributed by atoms with Crippen LogP contribution in [-0.2, 0) is 24.3 Å². The van der Waals surface area contributed by atoms with Crippen LogP contribution in [0.5, 0.6) is 0 Å². The number of esters is 1. The zero-order valence-electron chi connectivity index (χ0n) is 16.1. The van der Waals surface area contributed by atoms with Crippen molar-refractivity contribution in [1.82, 2.24) is 5.32 Å². The van der Waals surface area contributed by atoms with Crippen LogP contribution in [0.25, 0.3) is 0 Å². The molecule has 1 aromatic carbocycles. The van der Waals surface area contributed by atoms with Gasteiger partial charge in [0, 0.05) is 6.04 Å². The second kappa shape index (κ2) is 9.21. The van der Waals surface area contributed by atoms with E-state index in [4.69, 9.17) is 4.74 Å². The van der Waals surface area contributed by atoms with Gasteiger partial charge in [-0.25, -0.2) is 8.42 Å². The van der Waals surface area contributed by atoms with Gasteiger partial charge in [-0.1, -0.05) is 38.0 Å². The van der Waals surface area contributed by atoms with Crippen molar-refractivity contribution >= 4 is 27.6 Å². The Morgan fingerprint density at radius 3 is 2.52 bits per heavy atom. The van der Waals surface area contributed by atoms with Crippen LogP contribution in [0.15, 0.2) is 24.3 Å². The quantitative estimate of drug-likeness (QED) is 0.712. The zero-order chi connectivity index (χ0) is 20.0. The summed E-state index contributed by atoms with van der Waals surface area (Å²) in [6.45, 7) is 2.98. The summed E-state index contributed by atoms with van der Waals surface area (Å²) in [4.78, 5) is 24.2. The van der Waals surface area contributed by atoms with Gasteiger partial charge in [0.15, 0.2) is 6.61 Å². The molecule has 1 aliphatic carbocycles. The summed E-state index contributed by atoms with van der Waals surface area (Å²) in [7, 11) is -3.67. The second-order valence-electron chi connectivity index (χ2n) is 7.15. The van der Waals surface area contributed by atoms with Gasteiger partial charge in [-0.2, -0.15) is 0 Å². The van der Waals surface area contributed by atoms with E-state index < -0.39 is 29.1 Å². The molecule has 0 bridgehead atoms. The maximum atomic E-state index is 12.1. The molecule has 2 rings (SSSR count). The molecule has 2 atom stereocenters. The Morgan fingerprint density at radius 2 is 1.89 bits per heavy atom. The lowest BCUT2D eigenvalue weighted by atomic mass is 9.86. The van der Waals surface area contributed by atoms with Crippen LogP contribution in [0.4, 0.5) is 5.69 Å². The van der Waals surface area contributed by atoms with Crippen molar-refractivity contribution in [2.75, 3.05) is 23.7 Å². The average molecular weight is 397 g/mol. The topological polar surface area (TPSA) is 92.8 Å². The summed E-state index contributed by atoms with van der Waals surface area (Å²) in [5.74, 6) is -0.723. The van der Waals surface area contributed by atoms with Gasteiger partial charge in [0.2, 0.25) is 10.0 Å². The summed E-state index contributed by atoms with van der Waals surface area (Å²) in [5, 5.41) is 2.90. The summed E-state index contributed by atoms with van der Waals surface area (Å²) in [6.07, 6.45) is 5.28. The Bertz CT molecular complexity index is 778. The largest absolute Gasteiger partial charge is 0.454 e. The number of para-hydroxylation sites is 1. The first-order valence-corrected chi connectivity index (χ1v) is 11.0. The van der Waals surface area contributed by atoms with E-state index in [1.807, 2.05) is 0 Å². The van der Waals surface area contributed by atoms with Gasteiger partial charge in [0.25, 0.3) is 5.91 Å². The molecule has 1 aliphatic rings. The Morgan fingerprint density at radius 1 is 1.22 bits per heavy atom. The third-order valence-electron chi connectivity index (χ3n) is 4.88. The molecule has 27 heavy (non-hydrogen) atoms. The molecule has 0 radical (unpaired) electrons. The lowest BCUT2D eigenvalue weighted by Gasteiger charge is -2.29. The molecule has 0 unspecified atom stereocenters. The van der Waals surface area contributed by atoms with Crippen molar-refractivity contribution in [2.45, 2.75) is 45.6 Å². The van der Waals surface area contributed by atoms with E-state index in [9.17, 15) is 18.0 Å². The van der Waals surface area contributed by atoms with Gasteiger partial charge >= 0.3 is 5.97 Å². The van der Waals surface area contributed by atoms with Gasteiger partial charge in [-0.3, -0.25) is 13.9 Å². The summed E-state index contributed by atoms with van der Waals surface area (Å²) < 4.78 is 30.2. The SMILES string of the molecule is Cc1ccccc1N(CC(=O)OCC(=O)N[C@@H]1CCCC[C@@H]1C)S(C)(=O)=O. The Kier molecular flexibility index (Phi) is 7.24. The molecule has 8 heteroatoms. The number of benzene rings is 1. The fourth-order valence-corrected chi connectivity index (χ4v) is 4.21. The van der Waals surface area contributed by atoms with Crippen molar-refractivity contribution in [1.29, 1.82) is 0 Å². The molecular formula is C19H28N2O5S. The van der Waals surface area contributed by atoms with E-state index in [-0.39, 0.29) is 11.9 Å². The lowest BCUT2D eigenvalue weighted by molar-refractivity contribution is -0.147. The number of carbonyl (C=O) groups excluding carboxylic acids is 2. The van der Waals surface area contributed by atoms with Crippen LogP contribution < -0.4 is 9.62 Å². The molecule has 0 saturated heterocycles. The Hall–Kier alpha value is -2.09. The molecular weight excluding hydrogens is 368 g/mol. The minimum absolute atomic E-state index is 0.101. The fourth-order valence-electron chi connectivity index (χ4n) is 3.31. The van der Waals surface area contributed by atoms with Crippen molar-refractivity contribution in [3.8, 4) is 0 Å². The van der Waals surface area contributed by atoms with Crippen LogP contribution in [0.2, 0.25) is 0 Å². The van der Waals surface area contributed by atoms with Crippen LogP contribution in [0.1, 0.15) is 38.2 Å². The van der Waals surface area contributed by atoms with Crippen molar-refractivity contribution in [3.63, 3.8) is 0 Å². The molecule has 7 nitrogen and oxygen atoms in total. The van der Waals surface area contributed by atoms with Crippen molar-refractivity contribution in [3.05, 3.63) is 29.8 Å². The molecule has 0 spiro atoms. The van der Waals surface area contributed by atoms with Crippen molar-refractivity contribution < 1.29 is 22.7 Å². The highest BCUT2D eigenvalue weighted by atomic mass is 32.2. The average Bonchev–Trinajstić information content (AvgIpc) is 2.60.